The molecule has 2 heterocycles. The van der Waals surface area contributed by atoms with Crippen molar-refractivity contribution in [3.05, 3.63) is 64.4 Å². The maximum Gasteiger partial charge on any atom is 0.432 e. The summed E-state index contributed by atoms with van der Waals surface area (Å²) in [5.74, 6) is 0.643. The normalized spacial score (nSPS) is 10.9. The molecule has 0 aliphatic rings. The Balaban J connectivity index is 1.85. The fraction of sp³-hybridized carbons (Fsp3) is 0. The lowest BCUT2D eigenvalue weighted by molar-refractivity contribution is 0.202. The van der Waals surface area contributed by atoms with Crippen LogP contribution in [0.5, 0.6) is 0 Å². The maximum absolute atomic E-state index is 11.5. The minimum absolute atomic E-state index is 0.422. The fourth-order valence-corrected chi connectivity index (χ4v) is 2.53. The number of aromatic nitrogens is 2. The van der Waals surface area contributed by atoms with Crippen LogP contribution in [0.2, 0.25) is 0 Å². The first-order valence-corrected chi connectivity index (χ1v) is 7.89. The highest BCUT2D eigenvalue weighted by Gasteiger charge is 2.14. The van der Waals surface area contributed by atoms with Crippen molar-refractivity contribution in [3.8, 4) is 11.3 Å². The lowest BCUT2D eigenvalue weighted by Gasteiger charge is -2.13. The number of nitrogens with zero attached hydrogens (tertiary/aromatic N) is 4. The number of pyridine rings is 1. The van der Waals surface area contributed by atoms with Gasteiger partial charge in [-0.1, -0.05) is 0 Å². The molecule has 0 aliphatic carbocycles. The summed E-state index contributed by atoms with van der Waals surface area (Å²) >= 11 is 2.07. The smallest absolute Gasteiger partial charge is 0.432 e. The molecule has 2 aromatic heterocycles. The molecule has 120 valence electrons. The molecule has 0 spiro atoms. The molecule has 0 fully saturated rings. The van der Waals surface area contributed by atoms with Gasteiger partial charge in [-0.2, -0.15) is 10.1 Å². The second-order valence-electron chi connectivity index (χ2n) is 4.64. The van der Waals surface area contributed by atoms with Crippen molar-refractivity contribution < 1.29 is 14.3 Å². The van der Waals surface area contributed by atoms with Gasteiger partial charge in [-0.3, -0.25) is 4.98 Å². The standard InChI is InChI=1S/C16H11IN4O3/c17-15-14(24-10-19-15)12-1-3-13(4-2-12)21(16(22)23)20-9-11-5-7-18-8-6-11/h1-10H,(H,22,23). The van der Waals surface area contributed by atoms with Crippen LogP contribution in [0.25, 0.3) is 11.3 Å². The Bertz CT molecular complexity index is 863. The number of rotatable bonds is 4. The Kier molecular flexibility index (Phi) is 4.85. The number of hydrogen-bond acceptors (Lipinski definition) is 5. The SMILES string of the molecule is O=C(O)N(N=Cc1ccncc1)c1ccc(-c2ocnc2I)cc1. The summed E-state index contributed by atoms with van der Waals surface area (Å²) < 4.78 is 6.06. The van der Waals surface area contributed by atoms with E-state index in [0.29, 0.717) is 11.4 Å². The maximum atomic E-state index is 11.5. The largest absolute Gasteiger partial charge is 0.463 e. The Morgan fingerprint density at radius 1 is 1.21 bits per heavy atom. The molecule has 1 aromatic carbocycles. The molecular weight excluding hydrogens is 423 g/mol. The monoisotopic (exact) mass is 434 g/mol. The van der Waals surface area contributed by atoms with E-state index in [1.54, 1.807) is 48.8 Å². The number of oxazole rings is 1. The molecule has 24 heavy (non-hydrogen) atoms. The molecule has 0 saturated heterocycles. The third-order valence-electron chi connectivity index (χ3n) is 3.11. The molecule has 0 aliphatic heterocycles. The summed E-state index contributed by atoms with van der Waals surface area (Å²) in [5, 5.41) is 14.3. The molecule has 1 amide bonds. The molecule has 0 saturated carbocycles. The molecule has 0 bridgehead atoms. The van der Waals surface area contributed by atoms with Gasteiger partial charge in [0.25, 0.3) is 0 Å². The van der Waals surface area contributed by atoms with Crippen LogP contribution in [0, 0.1) is 3.70 Å². The van der Waals surface area contributed by atoms with E-state index in [2.05, 4.69) is 37.7 Å². The van der Waals surface area contributed by atoms with Gasteiger partial charge in [0, 0.05) is 18.0 Å². The summed E-state index contributed by atoms with van der Waals surface area (Å²) in [6, 6.07) is 10.3. The van der Waals surface area contributed by atoms with E-state index in [0.717, 1.165) is 19.8 Å². The van der Waals surface area contributed by atoms with Crippen LogP contribution in [-0.4, -0.2) is 27.4 Å². The summed E-state index contributed by atoms with van der Waals surface area (Å²) in [6.45, 7) is 0. The topological polar surface area (TPSA) is 91.8 Å². The van der Waals surface area contributed by atoms with Crippen molar-refractivity contribution in [2.24, 2.45) is 5.10 Å². The van der Waals surface area contributed by atoms with Crippen LogP contribution in [0.3, 0.4) is 0 Å². The molecule has 0 unspecified atom stereocenters. The molecular formula is C16H11IN4O3. The van der Waals surface area contributed by atoms with Crippen LogP contribution < -0.4 is 5.01 Å². The molecule has 8 heteroatoms. The highest BCUT2D eigenvalue weighted by Crippen LogP contribution is 2.26. The summed E-state index contributed by atoms with van der Waals surface area (Å²) in [4.78, 5) is 19.4. The van der Waals surface area contributed by atoms with Crippen molar-refractivity contribution in [3.63, 3.8) is 0 Å². The van der Waals surface area contributed by atoms with E-state index < -0.39 is 6.09 Å². The quantitative estimate of drug-likeness (QED) is 0.383. The zero-order valence-electron chi connectivity index (χ0n) is 12.2. The van der Waals surface area contributed by atoms with E-state index in [9.17, 15) is 9.90 Å². The highest BCUT2D eigenvalue weighted by atomic mass is 127. The van der Waals surface area contributed by atoms with Crippen LogP contribution in [-0.2, 0) is 0 Å². The molecule has 0 atom stereocenters. The van der Waals surface area contributed by atoms with Crippen LogP contribution in [0.15, 0.2) is 64.7 Å². The number of hydrogen-bond donors (Lipinski definition) is 1. The van der Waals surface area contributed by atoms with Crippen LogP contribution in [0.1, 0.15) is 5.56 Å². The van der Waals surface area contributed by atoms with Gasteiger partial charge < -0.3 is 9.52 Å². The zero-order chi connectivity index (χ0) is 16.9. The van der Waals surface area contributed by atoms with Crippen molar-refractivity contribution in [2.75, 3.05) is 5.01 Å². The van der Waals surface area contributed by atoms with Gasteiger partial charge in [-0.05, 0) is 64.6 Å². The van der Waals surface area contributed by atoms with Gasteiger partial charge in [-0.15, -0.1) is 0 Å². The van der Waals surface area contributed by atoms with Crippen molar-refractivity contribution in [1.82, 2.24) is 9.97 Å². The van der Waals surface area contributed by atoms with E-state index in [1.807, 2.05) is 0 Å². The number of anilines is 1. The Labute approximate surface area is 150 Å². The van der Waals surface area contributed by atoms with Crippen LogP contribution >= 0.6 is 22.6 Å². The summed E-state index contributed by atoms with van der Waals surface area (Å²) in [6.07, 6.45) is 4.87. The Morgan fingerprint density at radius 3 is 2.50 bits per heavy atom. The predicted octanol–water partition coefficient (Wildman–Crippen LogP) is 3.86. The number of carboxylic acid groups (broad SMARTS) is 1. The van der Waals surface area contributed by atoms with E-state index in [-0.39, 0.29) is 0 Å². The first kappa shape index (κ1) is 16.1. The number of carbonyl (C=O) groups is 1. The average molecular weight is 434 g/mol. The highest BCUT2D eigenvalue weighted by molar-refractivity contribution is 14.1. The number of halogens is 1. The lowest BCUT2D eigenvalue weighted by Crippen LogP contribution is -2.23. The fourth-order valence-electron chi connectivity index (χ4n) is 1.97. The Morgan fingerprint density at radius 2 is 1.92 bits per heavy atom. The lowest BCUT2D eigenvalue weighted by atomic mass is 10.1. The van der Waals surface area contributed by atoms with E-state index in [4.69, 9.17) is 4.42 Å². The van der Waals surface area contributed by atoms with Crippen molar-refractivity contribution in [1.29, 1.82) is 0 Å². The number of benzene rings is 1. The van der Waals surface area contributed by atoms with Gasteiger partial charge in [0.1, 0.15) is 3.70 Å². The van der Waals surface area contributed by atoms with E-state index in [1.165, 1.54) is 12.6 Å². The number of hydrazone groups is 1. The molecule has 1 N–H and O–H groups in total. The molecule has 7 nitrogen and oxygen atoms in total. The minimum atomic E-state index is -1.18. The van der Waals surface area contributed by atoms with Gasteiger partial charge >= 0.3 is 6.09 Å². The van der Waals surface area contributed by atoms with Gasteiger partial charge in [0.05, 0.1) is 11.9 Å². The Hall–Kier alpha value is -2.75. The van der Waals surface area contributed by atoms with Crippen LogP contribution in [0.4, 0.5) is 10.5 Å². The molecule has 3 rings (SSSR count). The van der Waals surface area contributed by atoms with Crippen molar-refractivity contribution >= 4 is 40.6 Å². The zero-order valence-corrected chi connectivity index (χ0v) is 14.4. The first-order chi connectivity index (χ1) is 11.6. The second-order valence-corrected chi connectivity index (χ2v) is 5.66. The number of amides is 1. The van der Waals surface area contributed by atoms with Gasteiger partial charge in [-0.25, -0.2) is 9.78 Å². The third-order valence-corrected chi connectivity index (χ3v) is 3.88. The van der Waals surface area contributed by atoms with E-state index >= 15 is 0 Å². The molecule has 3 aromatic rings. The second kappa shape index (κ2) is 7.21. The average Bonchev–Trinajstić information content (AvgIpc) is 3.02. The summed E-state index contributed by atoms with van der Waals surface area (Å²) in [7, 11) is 0. The minimum Gasteiger partial charge on any atom is -0.463 e. The van der Waals surface area contributed by atoms with Crippen molar-refractivity contribution in [2.45, 2.75) is 0 Å². The molecule has 0 radical (unpaired) electrons. The first-order valence-electron chi connectivity index (χ1n) is 6.81. The third kappa shape index (κ3) is 3.59. The van der Waals surface area contributed by atoms with Gasteiger partial charge in [0.15, 0.2) is 12.2 Å². The summed E-state index contributed by atoms with van der Waals surface area (Å²) in [5.41, 5.74) is 1.99. The van der Waals surface area contributed by atoms with Gasteiger partial charge in [0.2, 0.25) is 0 Å². The predicted molar refractivity (Wildman–Crippen MR) is 97.0 cm³/mol.